The maximum absolute atomic E-state index is 12.4. The second kappa shape index (κ2) is 10.9. The lowest BCUT2D eigenvalue weighted by Crippen LogP contribution is -2.49. The van der Waals surface area contributed by atoms with E-state index < -0.39 is 16.6 Å². The largest absolute Gasteiger partial charge is 0.444 e. The summed E-state index contributed by atoms with van der Waals surface area (Å²) in [5.41, 5.74) is -0.570. The Morgan fingerprint density at radius 2 is 1.87 bits per heavy atom. The molecule has 0 unspecified atom stereocenters. The lowest BCUT2D eigenvalue weighted by atomic mass is 9.84. The molecule has 0 heterocycles. The summed E-state index contributed by atoms with van der Waals surface area (Å²) in [6, 6.07) is 5.94. The van der Waals surface area contributed by atoms with Gasteiger partial charge >= 0.3 is 6.09 Å². The van der Waals surface area contributed by atoms with Crippen molar-refractivity contribution in [2.45, 2.75) is 64.5 Å². The summed E-state index contributed by atoms with van der Waals surface area (Å²) in [6.45, 7) is 5.74. The van der Waals surface area contributed by atoms with Gasteiger partial charge in [-0.15, -0.1) is 0 Å². The molecule has 1 fully saturated rings. The number of carbonyl (C=O) groups is 2. The molecule has 2 amide bonds. The number of amides is 2. The van der Waals surface area contributed by atoms with Crippen molar-refractivity contribution in [3.05, 3.63) is 34.4 Å². The smallest absolute Gasteiger partial charge is 0.407 e. The molecule has 1 aromatic carbocycles. The standard InChI is InChI=1S/C21H32N4O5/c1-21(2,3)30-20(27)23-13-17(15-9-5-4-6-10-15)22-14-19(26)24-16-11-7-8-12-18(16)25(28)29/h7-8,11-12,15,17,22H,4-6,9-10,13-14H2,1-3H3,(H,23,27)(H,24,26)/t17-/m0/s1. The number of ether oxygens (including phenoxy) is 1. The molecule has 9 heteroatoms. The summed E-state index contributed by atoms with van der Waals surface area (Å²) >= 11 is 0. The summed E-state index contributed by atoms with van der Waals surface area (Å²) in [6.07, 6.45) is 5.00. The Labute approximate surface area is 177 Å². The average molecular weight is 421 g/mol. The molecule has 30 heavy (non-hydrogen) atoms. The number of nitro benzene ring substituents is 1. The van der Waals surface area contributed by atoms with E-state index in [4.69, 9.17) is 4.74 Å². The highest BCUT2D eigenvalue weighted by Gasteiger charge is 2.26. The van der Waals surface area contributed by atoms with Gasteiger partial charge in [0.2, 0.25) is 5.91 Å². The monoisotopic (exact) mass is 420 g/mol. The van der Waals surface area contributed by atoms with Crippen LogP contribution in [0.4, 0.5) is 16.2 Å². The number of nitro groups is 1. The number of hydrogen-bond donors (Lipinski definition) is 3. The number of anilines is 1. The Balaban J connectivity index is 1.94. The highest BCUT2D eigenvalue weighted by atomic mass is 16.6. The molecule has 1 aliphatic carbocycles. The predicted molar refractivity (Wildman–Crippen MR) is 114 cm³/mol. The van der Waals surface area contributed by atoms with Gasteiger partial charge in [0.05, 0.1) is 11.5 Å². The van der Waals surface area contributed by atoms with Crippen molar-refractivity contribution in [1.82, 2.24) is 10.6 Å². The van der Waals surface area contributed by atoms with E-state index in [1.807, 2.05) is 0 Å². The van der Waals surface area contributed by atoms with Crippen LogP contribution in [-0.2, 0) is 9.53 Å². The molecule has 0 saturated heterocycles. The van der Waals surface area contributed by atoms with Crippen molar-refractivity contribution in [3.63, 3.8) is 0 Å². The minimum Gasteiger partial charge on any atom is -0.444 e. The van der Waals surface area contributed by atoms with Gasteiger partial charge in [0, 0.05) is 18.7 Å². The molecule has 2 rings (SSSR count). The number of nitrogens with one attached hydrogen (secondary N) is 3. The molecule has 0 bridgehead atoms. The third-order valence-electron chi connectivity index (χ3n) is 4.98. The lowest BCUT2D eigenvalue weighted by molar-refractivity contribution is -0.383. The van der Waals surface area contributed by atoms with Gasteiger partial charge in [-0.3, -0.25) is 14.9 Å². The second-order valence-electron chi connectivity index (χ2n) is 8.59. The molecule has 0 radical (unpaired) electrons. The number of carbonyl (C=O) groups excluding carboxylic acids is 2. The van der Waals surface area contributed by atoms with Crippen molar-refractivity contribution < 1.29 is 19.2 Å². The van der Waals surface area contributed by atoms with Gasteiger partial charge in [-0.05, 0) is 45.6 Å². The molecule has 0 aromatic heterocycles. The number of alkyl carbamates (subject to hydrolysis) is 1. The Kier molecular flexibility index (Phi) is 8.58. The van der Waals surface area contributed by atoms with E-state index in [0.717, 1.165) is 25.7 Å². The molecule has 1 aliphatic rings. The maximum atomic E-state index is 12.4. The number of nitrogens with zero attached hydrogens (tertiary/aromatic N) is 1. The van der Waals surface area contributed by atoms with Gasteiger partial charge in [-0.25, -0.2) is 4.79 Å². The van der Waals surface area contributed by atoms with Crippen LogP contribution in [0.1, 0.15) is 52.9 Å². The van der Waals surface area contributed by atoms with Gasteiger partial charge in [-0.1, -0.05) is 31.4 Å². The van der Waals surface area contributed by atoms with Crippen LogP contribution in [0.2, 0.25) is 0 Å². The fourth-order valence-electron chi connectivity index (χ4n) is 3.61. The zero-order valence-electron chi connectivity index (χ0n) is 17.9. The summed E-state index contributed by atoms with van der Waals surface area (Å²) in [7, 11) is 0. The molecule has 0 spiro atoms. The number of hydrogen-bond acceptors (Lipinski definition) is 6. The zero-order chi connectivity index (χ0) is 22.1. The molecular weight excluding hydrogens is 388 g/mol. The van der Waals surface area contributed by atoms with Crippen LogP contribution in [0, 0.1) is 16.0 Å². The molecule has 9 nitrogen and oxygen atoms in total. The van der Waals surface area contributed by atoms with Crippen LogP contribution in [0.5, 0.6) is 0 Å². The van der Waals surface area contributed by atoms with Gasteiger partial charge < -0.3 is 20.7 Å². The topological polar surface area (TPSA) is 123 Å². The third-order valence-corrected chi connectivity index (χ3v) is 4.98. The fourth-order valence-corrected chi connectivity index (χ4v) is 3.61. The molecule has 1 atom stereocenters. The summed E-state index contributed by atoms with van der Waals surface area (Å²) in [5.74, 6) is -0.0325. The SMILES string of the molecule is CC(C)(C)OC(=O)NC[C@H](NCC(=O)Nc1ccccc1[N+](=O)[O-])C1CCCCC1. The van der Waals surface area contributed by atoms with E-state index in [0.29, 0.717) is 12.5 Å². The van der Waals surface area contributed by atoms with Gasteiger partial charge in [0.25, 0.3) is 5.69 Å². The highest BCUT2D eigenvalue weighted by molar-refractivity contribution is 5.94. The molecule has 0 aliphatic heterocycles. The Hall–Kier alpha value is -2.68. The Bertz CT molecular complexity index is 741. The van der Waals surface area contributed by atoms with E-state index in [-0.39, 0.29) is 29.9 Å². The average Bonchev–Trinajstić information content (AvgIpc) is 2.67. The molecule has 166 valence electrons. The first kappa shape index (κ1) is 23.6. The number of rotatable bonds is 8. The van der Waals surface area contributed by atoms with Gasteiger partial charge in [0.1, 0.15) is 11.3 Å². The second-order valence-corrected chi connectivity index (χ2v) is 8.59. The van der Waals surface area contributed by atoms with Gasteiger partial charge in [0.15, 0.2) is 0 Å². The van der Waals surface area contributed by atoms with Crippen molar-refractivity contribution in [2.24, 2.45) is 5.92 Å². The van der Waals surface area contributed by atoms with Crippen LogP contribution in [0.15, 0.2) is 24.3 Å². The van der Waals surface area contributed by atoms with Crippen molar-refractivity contribution in [3.8, 4) is 0 Å². The van der Waals surface area contributed by atoms with E-state index in [1.165, 1.54) is 18.6 Å². The highest BCUT2D eigenvalue weighted by Crippen LogP contribution is 2.26. The summed E-state index contributed by atoms with van der Waals surface area (Å²) in [5, 5.41) is 19.7. The van der Waals surface area contributed by atoms with Gasteiger partial charge in [-0.2, -0.15) is 0 Å². The minimum absolute atomic E-state index is 0.0107. The van der Waals surface area contributed by atoms with Crippen molar-refractivity contribution in [2.75, 3.05) is 18.4 Å². The first-order valence-electron chi connectivity index (χ1n) is 10.4. The third kappa shape index (κ3) is 7.98. The van der Waals surface area contributed by atoms with Crippen LogP contribution in [0.3, 0.4) is 0 Å². The normalized spacial score (nSPS) is 15.8. The van der Waals surface area contributed by atoms with Crippen molar-refractivity contribution >= 4 is 23.4 Å². The first-order chi connectivity index (χ1) is 14.2. The number of benzene rings is 1. The molecule has 3 N–H and O–H groups in total. The van der Waals surface area contributed by atoms with Crippen LogP contribution in [-0.4, -0.2) is 41.7 Å². The zero-order valence-corrected chi connectivity index (χ0v) is 17.9. The predicted octanol–water partition coefficient (Wildman–Crippen LogP) is 3.60. The first-order valence-corrected chi connectivity index (χ1v) is 10.4. The molecule has 1 aromatic rings. The van der Waals surface area contributed by atoms with Crippen molar-refractivity contribution in [1.29, 1.82) is 0 Å². The van der Waals surface area contributed by atoms with Crippen LogP contribution < -0.4 is 16.0 Å². The fraction of sp³-hybridized carbons (Fsp3) is 0.619. The molecular formula is C21H32N4O5. The van der Waals surface area contributed by atoms with E-state index in [1.54, 1.807) is 32.9 Å². The quantitative estimate of drug-likeness (QED) is 0.436. The van der Waals surface area contributed by atoms with E-state index >= 15 is 0 Å². The lowest BCUT2D eigenvalue weighted by Gasteiger charge is -2.31. The Morgan fingerprint density at radius 1 is 1.20 bits per heavy atom. The Morgan fingerprint density at radius 3 is 2.50 bits per heavy atom. The van der Waals surface area contributed by atoms with Crippen LogP contribution in [0.25, 0.3) is 0 Å². The molecule has 1 saturated carbocycles. The van der Waals surface area contributed by atoms with E-state index in [9.17, 15) is 19.7 Å². The minimum atomic E-state index is -0.581. The number of para-hydroxylation sites is 2. The van der Waals surface area contributed by atoms with E-state index in [2.05, 4.69) is 16.0 Å². The summed E-state index contributed by atoms with van der Waals surface area (Å²) < 4.78 is 5.29. The van der Waals surface area contributed by atoms with Crippen LogP contribution >= 0.6 is 0 Å². The maximum Gasteiger partial charge on any atom is 0.407 e. The summed E-state index contributed by atoms with van der Waals surface area (Å²) in [4.78, 5) is 35.0.